The van der Waals surface area contributed by atoms with E-state index in [9.17, 15) is 33.6 Å². The molecule has 25 nitrogen and oxygen atoms in total. The molecule has 0 spiro atoms. The monoisotopic (exact) mass is 1470 g/mol. The third-order valence-corrected chi connectivity index (χ3v) is 18.9. The smallest absolute Gasteiger partial charge is 0.340 e. The van der Waals surface area contributed by atoms with Crippen LogP contribution in [0, 0.1) is 20.8 Å². The number of nitrogens with zero attached hydrogens (tertiary/aromatic N) is 12. The van der Waals surface area contributed by atoms with Crippen LogP contribution in [0.1, 0.15) is 71.5 Å². The van der Waals surface area contributed by atoms with Gasteiger partial charge in [-0.05, 0) is 94.6 Å². The quantitative estimate of drug-likeness (QED) is 0.0261. The first-order valence-corrected chi connectivity index (χ1v) is 35.8. The number of esters is 3. The standard InChI is InChI=1S/C31H21N5O4S2.C23H21N5O3S.C22H19N5O3S/c37-25(21-12-5-2-6-13-21)18-40-30(39)22-14-7-8-15-23(22)33-34-28-27(26-16-9-17-41-26)35-36(29(28)38)31-32-24(19-42-31)20-10-3-1-4-11-20;1-4-31-22(30)17-10-12-18(13-11-17)25-26-19-14(2)27-28(21(19)29)23-24-20(15(3)32-23)16-8-6-5-7-9-16;1-3-30-21(29)16-11-7-8-12-17(16)24-25-19-14(2)26-27(20(19)28)22-23-18(13-31-22)15-9-5-4-6-10-15/h1-17,19,35H,18H2;5-13,27H,4H2,1-3H3;4-13,26H,3H2,1-2H3. The van der Waals surface area contributed by atoms with E-state index in [1.807, 2.05) is 126 Å². The molecular weight excluding hydrogens is 1410 g/mol. The lowest BCUT2D eigenvalue weighted by atomic mass is 10.1. The van der Waals surface area contributed by atoms with Gasteiger partial charge in [-0.15, -0.1) is 59.6 Å². The number of aromatic amines is 3. The number of thiazole rings is 3. The number of azo groups is 3. The predicted octanol–water partition coefficient (Wildman–Crippen LogP) is 18.2. The van der Waals surface area contributed by atoms with E-state index >= 15 is 0 Å². The van der Waals surface area contributed by atoms with Crippen LogP contribution in [-0.2, 0) is 14.2 Å². The maximum absolute atomic E-state index is 13.6. The third kappa shape index (κ3) is 17.0. The van der Waals surface area contributed by atoms with Crippen molar-refractivity contribution in [3.8, 4) is 59.7 Å². The van der Waals surface area contributed by atoms with Crippen molar-refractivity contribution in [2.75, 3.05) is 19.8 Å². The highest BCUT2D eigenvalue weighted by molar-refractivity contribution is 7.14. The molecule has 524 valence electrons. The number of H-pyrrole nitrogens is 3. The van der Waals surface area contributed by atoms with E-state index in [2.05, 4.69) is 60.9 Å². The Morgan fingerprint density at radius 1 is 0.429 bits per heavy atom. The summed E-state index contributed by atoms with van der Waals surface area (Å²) in [5, 5.41) is 41.4. The molecule has 7 aromatic carbocycles. The number of ether oxygens (including phenoxy) is 3. The number of thiophene rings is 1. The largest absolute Gasteiger partial charge is 0.462 e. The minimum atomic E-state index is -0.727. The lowest BCUT2D eigenvalue weighted by Gasteiger charge is -2.06. The molecule has 0 aliphatic carbocycles. The van der Waals surface area contributed by atoms with Crippen molar-refractivity contribution in [1.29, 1.82) is 0 Å². The van der Waals surface area contributed by atoms with Crippen LogP contribution in [0.5, 0.6) is 0 Å². The second kappa shape index (κ2) is 33.7. The lowest BCUT2D eigenvalue weighted by molar-refractivity contribution is 0.0474. The van der Waals surface area contributed by atoms with Gasteiger partial charge in [0.05, 0.1) is 68.9 Å². The van der Waals surface area contributed by atoms with Gasteiger partial charge in [-0.1, -0.05) is 163 Å². The minimum absolute atomic E-state index is 0.0661. The number of nitrogens with one attached hydrogen (secondary N) is 3. The molecule has 0 atom stereocenters. The highest BCUT2D eigenvalue weighted by atomic mass is 32.1. The first-order valence-electron chi connectivity index (χ1n) is 32.3. The van der Waals surface area contributed by atoms with Gasteiger partial charge in [-0.3, -0.25) is 34.5 Å². The van der Waals surface area contributed by atoms with Gasteiger partial charge >= 0.3 is 34.6 Å². The van der Waals surface area contributed by atoms with Crippen LogP contribution in [0.25, 0.3) is 59.7 Å². The van der Waals surface area contributed by atoms with Crippen LogP contribution in [0.3, 0.4) is 0 Å². The number of benzene rings is 7. The van der Waals surface area contributed by atoms with Gasteiger partial charge in [0.2, 0.25) is 15.4 Å². The number of Topliss-reactive ketones (excluding diaryl/α,β-unsaturated/α-hetero) is 1. The van der Waals surface area contributed by atoms with Gasteiger partial charge in [0.1, 0.15) is 17.1 Å². The highest BCUT2D eigenvalue weighted by Gasteiger charge is 2.24. The van der Waals surface area contributed by atoms with E-state index in [1.54, 1.807) is 125 Å². The summed E-state index contributed by atoms with van der Waals surface area (Å²) in [6, 6.07) is 61.2. The molecular formula is C76H61N15O10S4. The van der Waals surface area contributed by atoms with E-state index in [0.717, 1.165) is 43.5 Å². The first kappa shape index (κ1) is 71.9. The van der Waals surface area contributed by atoms with Crippen LogP contribution < -0.4 is 16.7 Å². The van der Waals surface area contributed by atoms with Gasteiger partial charge in [0.15, 0.2) is 29.5 Å². The number of aryl methyl sites for hydroxylation is 3. The average molecular weight is 1470 g/mol. The summed E-state index contributed by atoms with van der Waals surface area (Å²) in [5.74, 6) is -1.94. The average Bonchev–Trinajstić information content (AvgIpc) is 1.63. The van der Waals surface area contributed by atoms with Crippen molar-refractivity contribution in [1.82, 2.24) is 44.3 Å². The number of carbonyl (C=O) groups is 4. The van der Waals surface area contributed by atoms with Crippen molar-refractivity contribution < 1.29 is 33.4 Å². The number of carbonyl (C=O) groups excluding carboxylic acids is 4. The molecule has 105 heavy (non-hydrogen) atoms. The Labute approximate surface area is 613 Å². The predicted molar refractivity (Wildman–Crippen MR) is 405 cm³/mol. The van der Waals surface area contributed by atoms with Gasteiger partial charge in [-0.25, -0.2) is 29.3 Å². The Bertz CT molecular complexity index is 5680. The Morgan fingerprint density at radius 2 is 0.886 bits per heavy atom. The molecule has 0 aliphatic heterocycles. The van der Waals surface area contributed by atoms with Gasteiger partial charge < -0.3 is 14.2 Å². The number of rotatable bonds is 21. The van der Waals surface area contributed by atoms with Crippen molar-refractivity contribution in [3.63, 3.8) is 0 Å². The molecule has 0 radical (unpaired) electrons. The molecule has 0 unspecified atom stereocenters. The lowest BCUT2D eigenvalue weighted by Crippen LogP contribution is -2.14. The summed E-state index contributed by atoms with van der Waals surface area (Å²) < 4.78 is 19.4. The fourth-order valence-electron chi connectivity index (χ4n) is 10.2. The van der Waals surface area contributed by atoms with Crippen LogP contribution >= 0.6 is 45.3 Å². The summed E-state index contributed by atoms with van der Waals surface area (Å²) in [6.07, 6.45) is 0. The summed E-state index contributed by atoms with van der Waals surface area (Å²) in [6.45, 7) is 9.10. The van der Waals surface area contributed by atoms with Crippen molar-refractivity contribution >= 4 is 103 Å². The highest BCUT2D eigenvalue weighted by Crippen LogP contribution is 2.35. The Morgan fingerprint density at radius 3 is 1.42 bits per heavy atom. The van der Waals surface area contributed by atoms with E-state index in [1.165, 1.54) is 65.5 Å². The fraction of sp³-hybridized carbons (Fsp3) is 0.105. The Kier molecular flexibility index (Phi) is 23.0. The van der Waals surface area contributed by atoms with Crippen molar-refractivity contribution in [2.45, 2.75) is 34.6 Å². The molecule has 14 rings (SSSR count). The van der Waals surface area contributed by atoms with E-state index in [-0.39, 0.29) is 57.4 Å². The Balaban J connectivity index is 0.000000150. The van der Waals surface area contributed by atoms with Crippen LogP contribution in [-0.4, -0.2) is 87.8 Å². The molecule has 7 aromatic heterocycles. The molecule has 0 fully saturated rings. The zero-order valence-electron chi connectivity index (χ0n) is 56.6. The van der Waals surface area contributed by atoms with Gasteiger partial charge in [-0.2, -0.15) is 19.2 Å². The molecule has 7 heterocycles. The first-order chi connectivity index (χ1) is 51.1. The fourth-order valence-corrected chi connectivity index (χ4v) is 13.4. The van der Waals surface area contributed by atoms with Crippen molar-refractivity contribution in [2.24, 2.45) is 30.7 Å². The molecule has 14 aromatic rings. The normalized spacial score (nSPS) is 11.2. The van der Waals surface area contributed by atoms with Gasteiger partial charge in [0, 0.05) is 37.9 Å². The Hall–Kier alpha value is -13.0. The topological polar surface area (TPSA) is 322 Å². The third-order valence-electron chi connectivity index (χ3n) is 15.4. The van der Waals surface area contributed by atoms with Crippen LogP contribution in [0.4, 0.5) is 34.1 Å². The van der Waals surface area contributed by atoms with Crippen LogP contribution in [0.2, 0.25) is 0 Å². The molecule has 0 bridgehead atoms. The van der Waals surface area contributed by atoms with E-state index in [0.29, 0.717) is 61.6 Å². The molecule has 29 heteroatoms. The number of ketones is 1. The van der Waals surface area contributed by atoms with Crippen molar-refractivity contribution in [3.05, 3.63) is 292 Å². The minimum Gasteiger partial charge on any atom is -0.462 e. The zero-order chi connectivity index (χ0) is 73.3. The molecule has 3 N–H and O–H groups in total. The summed E-state index contributed by atoms with van der Waals surface area (Å²) >= 11 is 5.53. The molecule has 0 saturated heterocycles. The van der Waals surface area contributed by atoms with E-state index in [4.69, 9.17) is 14.2 Å². The summed E-state index contributed by atoms with van der Waals surface area (Å²) in [7, 11) is 0. The number of hydrogen-bond donors (Lipinski definition) is 3. The van der Waals surface area contributed by atoms with Crippen LogP contribution in [0.15, 0.2) is 267 Å². The second-order valence-electron chi connectivity index (χ2n) is 22.4. The molecule has 0 amide bonds. The number of hydrogen-bond acceptors (Lipinski definition) is 23. The van der Waals surface area contributed by atoms with E-state index < -0.39 is 30.1 Å². The maximum Gasteiger partial charge on any atom is 0.340 e. The SMILES string of the molecule is CCOC(=O)c1ccc(N=Nc2c(C)[nH]n(-c3nc(-c4ccccc4)c(C)s3)c2=O)cc1.CCOC(=O)c1ccccc1N=Nc1c(C)[nH]n(-c2nc(-c3ccccc3)cs2)c1=O.O=C(COC(=O)c1ccccc1N=Nc1c(-c2cccs2)[nH]n(-c2nc(-c3ccccc3)cs2)c1=O)c1ccccc1. The zero-order valence-corrected chi connectivity index (χ0v) is 59.8. The maximum atomic E-state index is 13.6. The molecule has 0 saturated carbocycles. The summed E-state index contributed by atoms with van der Waals surface area (Å²) in [5.41, 5.74) is 8.45. The summed E-state index contributed by atoms with van der Waals surface area (Å²) in [4.78, 5) is 104. The molecule has 0 aliphatic rings. The second-order valence-corrected chi connectivity index (χ2v) is 26.2. The van der Waals surface area contributed by atoms with Gasteiger partial charge in [0.25, 0.3) is 0 Å². The number of aromatic nitrogens is 9.